The fourth-order valence-electron chi connectivity index (χ4n) is 5.69. The van der Waals surface area contributed by atoms with E-state index >= 15 is 0 Å². The first kappa shape index (κ1) is 20.5. The molecular weight excluding hydrogens is 435 g/mol. The van der Waals surface area contributed by atoms with Crippen LogP contribution in [0.15, 0.2) is 48.5 Å². The number of hydrogen-bond donors (Lipinski definition) is 1. The average molecular weight is 457 g/mol. The molecule has 3 fully saturated rings. The number of amides is 3. The third-order valence-electron chi connectivity index (χ3n) is 7.03. The number of benzene rings is 2. The van der Waals surface area contributed by atoms with Crippen molar-refractivity contribution in [2.24, 2.45) is 23.7 Å². The first-order valence-electron chi connectivity index (χ1n) is 10.6. The lowest BCUT2D eigenvalue weighted by molar-refractivity contribution is -0.147. The molecular formula is C24H22Cl2N2O3. The van der Waals surface area contributed by atoms with Gasteiger partial charge in [0.15, 0.2) is 0 Å². The van der Waals surface area contributed by atoms with Crippen LogP contribution in [0.4, 0.5) is 5.69 Å². The number of nitrogens with zero attached hydrogens (tertiary/aromatic N) is 1. The van der Waals surface area contributed by atoms with Crippen molar-refractivity contribution in [1.29, 1.82) is 0 Å². The van der Waals surface area contributed by atoms with Crippen molar-refractivity contribution in [2.45, 2.75) is 31.7 Å². The number of anilines is 1. The molecule has 2 aromatic rings. The van der Waals surface area contributed by atoms with Crippen LogP contribution < -0.4 is 5.32 Å². The molecule has 2 bridgehead atoms. The molecule has 1 N–H and O–H groups in total. The molecule has 31 heavy (non-hydrogen) atoms. The number of fused-ring (bicyclic) bond motifs is 5. The smallest absolute Gasteiger partial charge is 0.248 e. The summed E-state index contributed by atoms with van der Waals surface area (Å²) in [7, 11) is 0. The molecule has 1 heterocycles. The van der Waals surface area contributed by atoms with Crippen LogP contribution >= 0.6 is 23.2 Å². The molecule has 5 nitrogen and oxygen atoms in total. The van der Waals surface area contributed by atoms with Gasteiger partial charge >= 0.3 is 0 Å². The average Bonchev–Trinajstić information content (AvgIpc) is 3.44. The summed E-state index contributed by atoms with van der Waals surface area (Å²) >= 11 is 12.3. The Balaban J connectivity index is 1.47. The predicted octanol–water partition coefficient (Wildman–Crippen LogP) is 4.57. The number of carbonyl (C=O) groups is 3. The SMILES string of the molecule is O=C(Nc1cc(Cl)ccc1Cl)[C@H](Cc1ccccc1)N1C(=O)[C@H]2[C@H]3CC[C@@H](C3)[C@@H]2C1=O. The number of rotatable bonds is 5. The summed E-state index contributed by atoms with van der Waals surface area (Å²) < 4.78 is 0. The van der Waals surface area contributed by atoms with Crippen molar-refractivity contribution < 1.29 is 14.4 Å². The summed E-state index contributed by atoms with van der Waals surface area (Å²) in [4.78, 5) is 41.4. The molecule has 2 aromatic carbocycles. The molecule has 0 radical (unpaired) electrons. The minimum atomic E-state index is -0.942. The highest BCUT2D eigenvalue weighted by atomic mass is 35.5. The second-order valence-corrected chi connectivity index (χ2v) is 9.59. The van der Waals surface area contributed by atoms with Gasteiger partial charge in [0, 0.05) is 11.4 Å². The van der Waals surface area contributed by atoms with Gasteiger partial charge in [-0.1, -0.05) is 53.5 Å². The van der Waals surface area contributed by atoms with Gasteiger partial charge < -0.3 is 5.32 Å². The number of nitrogens with one attached hydrogen (secondary N) is 1. The topological polar surface area (TPSA) is 66.5 Å². The minimum Gasteiger partial charge on any atom is -0.323 e. The zero-order chi connectivity index (χ0) is 21.7. The molecule has 160 valence electrons. The second kappa shape index (κ2) is 7.95. The molecule has 0 unspecified atom stereocenters. The van der Waals surface area contributed by atoms with Crippen LogP contribution in [-0.2, 0) is 20.8 Å². The quantitative estimate of drug-likeness (QED) is 0.669. The molecule has 3 aliphatic rings. The highest BCUT2D eigenvalue weighted by Gasteiger charge is 2.62. The van der Waals surface area contributed by atoms with E-state index in [1.165, 1.54) is 4.90 Å². The first-order valence-corrected chi connectivity index (χ1v) is 11.4. The third kappa shape index (κ3) is 3.54. The van der Waals surface area contributed by atoms with E-state index in [0.29, 0.717) is 15.7 Å². The highest BCUT2D eigenvalue weighted by molar-refractivity contribution is 6.35. The van der Waals surface area contributed by atoms with Crippen LogP contribution in [-0.4, -0.2) is 28.7 Å². The van der Waals surface area contributed by atoms with E-state index in [0.717, 1.165) is 24.8 Å². The summed E-state index contributed by atoms with van der Waals surface area (Å²) in [5.74, 6) is -0.856. The summed E-state index contributed by atoms with van der Waals surface area (Å²) in [6.07, 6.45) is 3.18. The summed E-state index contributed by atoms with van der Waals surface area (Å²) in [6, 6.07) is 13.3. The van der Waals surface area contributed by atoms with Gasteiger partial charge in [-0.2, -0.15) is 0 Å². The first-order chi connectivity index (χ1) is 14.9. The Hall–Kier alpha value is -2.37. The molecule has 3 amide bonds. The van der Waals surface area contributed by atoms with Crippen molar-refractivity contribution in [3.63, 3.8) is 0 Å². The van der Waals surface area contributed by atoms with Crippen LogP contribution in [0.25, 0.3) is 0 Å². The lowest BCUT2D eigenvalue weighted by Gasteiger charge is -2.27. The zero-order valence-corrected chi connectivity index (χ0v) is 18.3. The van der Waals surface area contributed by atoms with Gasteiger partial charge in [0.1, 0.15) is 6.04 Å². The van der Waals surface area contributed by atoms with Crippen LogP contribution in [0, 0.1) is 23.7 Å². The molecule has 7 heteroatoms. The molecule has 1 saturated heterocycles. The highest BCUT2D eigenvalue weighted by Crippen LogP contribution is 2.56. The molecule has 2 saturated carbocycles. The van der Waals surface area contributed by atoms with Crippen LogP contribution in [0.3, 0.4) is 0 Å². The Labute approximate surface area is 190 Å². The Morgan fingerprint density at radius 2 is 1.65 bits per heavy atom. The number of imide groups is 1. The lowest BCUT2D eigenvalue weighted by Crippen LogP contribution is -2.49. The van der Waals surface area contributed by atoms with Gasteiger partial charge in [0.25, 0.3) is 0 Å². The number of likely N-dealkylation sites (tertiary alicyclic amines) is 1. The van der Waals surface area contributed by atoms with Crippen LogP contribution in [0.5, 0.6) is 0 Å². The number of hydrogen-bond acceptors (Lipinski definition) is 3. The van der Waals surface area contributed by atoms with Crippen LogP contribution in [0.2, 0.25) is 10.0 Å². The van der Waals surface area contributed by atoms with E-state index in [2.05, 4.69) is 5.32 Å². The van der Waals surface area contributed by atoms with E-state index in [1.54, 1.807) is 18.2 Å². The van der Waals surface area contributed by atoms with Crippen molar-refractivity contribution in [3.8, 4) is 0 Å². The van der Waals surface area contributed by atoms with Gasteiger partial charge in [-0.15, -0.1) is 0 Å². The maximum Gasteiger partial charge on any atom is 0.248 e. The monoisotopic (exact) mass is 456 g/mol. The van der Waals surface area contributed by atoms with E-state index in [9.17, 15) is 14.4 Å². The van der Waals surface area contributed by atoms with Crippen molar-refractivity contribution in [1.82, 2.24) is 4.90 Å². The van der Waals surface area contributed by atoms with Crippen LogP contribution in [0.1, 0.15) is 24.8 Å². The third-order valence-corrected chi connectivity index (χ3v) is 7.60. The second-order valence-electron chi connectivity index (χ2n) is 8.75. The zero-order valence-electron chi connectivity index (χ0n) is 16.8. The van der Waals surface area contributed by atoms with E-state index in [-0.39, 0.29) is 41.9 Å². The Morgan fingerprint density at radius 1 is 1.00 bits per heavy atom. The Bertz CT molecular complexity index is 1030. The van der Waals surface area contributed by atoms with Crippen molar-refractivity contribution >= 4 is 46.6 Å². The fraction of sp³-hybridized carbons (Fsp3) is 0.375. The van der Waals surface area contributed by atoms with Gasteiger partial charge in [0.2, 0.25) is 17.7 Å². The van der Waals surface area contributed by atoms with Gasteiger partial charge in [-0.3, -0.25) is 19.3 Å². The maximum atomic E-state index is 13.4. The van der Waals surface area contributed by atoms with Gasteiger partial charge in [-0.25, -0.2) is 0 Å². The standard InChI is InChI=1S/C24H22Cl2N2O3/c25-16-8-9-17(26)18(12-16)27-22(29)19(10-13-4-2-1-3-5-13)28-23(30)20-14-6-7-15(11-14)21(20)24(28)31/h1-5,8-9,12,14-15,19-21H,6-7,10-11H2,(H,27,29)/t14-,15-,19-,20-,21-/m0/s1. The normalized spacial score (nSPS) is 27.5. The Morgan fingerprint density at radius 3 is 2.29 bits per heavy atom. The maximum absolute atomic E-state index is 13.4. The van der Waals surface area contributed by atoms with E-state index in [1.807, 2.05) is 30.3 Å². The number of carbonyl (C=O) groups excluding carboxylic acids is 3. The largest absolute Gasteiger partial charge is 0.323 e. The Kier molecular flexibility index (Phi) is 5.27. The molecule has 5 atom stereocenters. The summed E-state index contributed by atoms with van der Waals surface area (Å²) in [6.45, 7) is 0. The molecule has 0 spiro atoms. The van der Waals surface area contributed by atoms with Crippen molar-refractivity contribution in [3.05, 3.63) is 64.1 Å². The van der Waals surface area contributed by atoms with Gasteiger partial charge in [-0.05, 0) is 54.9 Å². The summed E-state index contributed by atoms with van der Waals surface area (Å²) in [5, 5.41) is 3.56. The number of halogens is 2. The molecule has 5 rings (SSSR count). The fourth-order valence-corrected chi connectivity index (χ4v) is 6.02. The minimum absolute atomic E-state index is 0.199. The lowest BCUT2D eigenvalue weighted by atomic mass is 9.81. The predicted molar refractivity (Wildman–Crippen MR) is 119 cm³/mol. The van der Waals surface area contributed by atoms with E-state index in [4.69, 9.17) is 23.2 Å². The van der Waals surface area contributed by atoms with Crippen molar-refractivity contribution in [2.75, 3.05) is 5.32 Å². The molecule has 1 aliphatic heterocycles. The molecule has 0 aromatic heterocycles. The van der Waals surface area contributed by atoms with Gasteiger partial charge in [0.05, 0.1) is 22.5 Å². The van der Waals surface area contributed by atoms with E-state index < -0.39 is 11.9 Å². The summed E-state index contributed by atoms with van der Waals surface area (Å²) in [5.41, 5.74) is 1.23. The molecule has 2 aliphatic carbocycles.